The number of nitrogens with one attached hydrogen (secondary N) is 1. The first-order chi connectivity index (χ1) is 16.1. The highest BCUT2D eigenvalue weighted by Crippen LogP contribution is 2.20. The van der Waals surface area contributed by atoms with Crippen molar-refractivity contribution in [3.8, 4) is 0 Å². The smallest absolute Gasteiger partial charge is 0.244 e. The van der Waals surface area contributed by atoms with E-state index in [4.69, 9.17) is 11.6 Å². The molecule has 186 valence electrons. The number of halogens is 1. The zero-order valence-electron chi connectivity index (χ0n) is 20.3. The van der Waals surface area contributed by atoms with Crippen LogP contribution in [0.3, 0.4) is 0 Å². The van der Waals surface area contributed by atoms with Crippen molar-refractivity contribution in [3.05, 3.63) is 64.7 Å². The largest absolute Gasteiger partial charge is 0.354 e. The summed E-state index contributed by atoms with van der Waals surface area (Å²) >= 11 is 6.11. The van der Waals surface area contributed by atoms with Gasteiger partial charge in [0, 0.05) is 18.1 Å². The van der Waals surface area contributed by atoms with Crippen LogP contribution in [0.25, 0.3) is 0 Å². The van der Waals surface area contributed by atoms with Gasteiger partial charge in [-0.15, -0.1) is 0 Å². The molecule has 1 N–H and O–H groups in total. The van der Waals surface area contributed by atoms with Crippen molar-refractivity contribution in [2.75, 3.05) is 23.7 Å². The van der Waals surface area contributed by atoms with Gasteiger partial charge in [-0.25, -0.2) is 8.42 Å². The Hall–Kier alpha value is -2.58. The molecule has 0 fully saturated rings. The van der Waals surface area contributed by atoms with Crippen molar-refractivity contribution in [1.82, 2.24) is 10.2 Å². The Morgan fingerprint density at radius 1 is 1.06 bits per heavy atom. The van der Waals surface area contributed by atoms with E-state index in [1.807, 2.05) is 32.0 Å². The Labute approximate surface area is 208 Å². The second-order valence-electron chi connectivity index (χ2n) is 8.26. The second kappa shape index (κ2) is 12.8. The van der Waals surface area contributed by atoms with Gasteiger partial charge in [0.05, 0.1) is 11.9 Å². The summed E-state index contributed by atoms with van der Waals surface area (Å²) in [4.78, 5) is 27.6. The van der Waals surface area contributed by atoms with Crippen molar-refractivity contribution in [1.29, 1.82) is 0 Å². The maximum absolute atomic E-state index is 13.5. The number of rotatable bonds is 12. The number of nitrogens with zero attached hydrogens (tertiary/aromatic N) is 2. The molecule has 0 spiro atoms. The fourth-order valence-corrected chi connectivity index (χ4v) is 4.52. The molecule has 2 aromatic rings. The highest BCUT2D eigenvalue weighted by molar-refractivity contribution is 7.92. The summed E-state index contributed by atoms with van der Waals surface area (Å²) in [5.74, 6) is -0.773. The van der Waals surface area contributed by atoms with Gasteiger partial charge in [-0.05, 0) is 55.2 Å². The number of hydrogen-bond acceptors (Lipinski definition) is 4. The highest BCUT2D eigenvalue weighted by Gasteiger charge is 2.30. The Kier molecular flexibility index (Phi) is 10.4. The van der Waals surface area contributed by atoms with Crippen molar-refractivity contribution >= 4 is 39.1 Å². The average molecular weight is 508 g/mol. The van der Waals surface area contributed by atoms with Gasteiger partial charge in [0.25, 0.3) is 0 Å². The molecule has 0 saturated heterocycles. The molecule has 0 bridgehead atoms. The van der Waals surface area contributed by atoms with Crippen LogP contribution in [0, 0.1) is 0 Å². The molecule has 0 aliphatic rings. The molecule has 0 aliphatic heterocycles. The lowest BCUT2D eigenvalue weighted by Gasteiger charge is -2.31. The van der Waals surface area contributed by atoms with E-state index in [0.717, 1.165) is 41.0 Å². The number of carbonyl (C=O) groups is 2. The van der Waals surface area contributed by atoms with Gasteiger partial charge >= 0.3 is 0 Å². The average Bonchev–Trinajstić information content (AvgIpc) is 2.80. The van der Waals surface area contributed by atoms with E-state index in [0.29, 0.717) is 17.3 Å². The van der Waals surface area contributed by atoms with Crippen molar-refractivity contribution < 1.29 is 18.0 Å². The number of anilines is 1. The van der Waals surface area contributed by atoms with Crippen LogP contribution in [0.2, 0.25) is 5.02 Å². The zero-order valence-corrected chi connectivity index (χ0v) is 21.8. The third-order valence-corrected chi connectivity index (χ3v) is 6.93. The molecule has 2 amide bonds. The first-order valence-corrected chi connectivity index (χ1v) is 13.7. The van der Waals surface area contributed by atoms with Gasteiger partial charge < -0.3 is 10.2 Å². The van der Waals surface area contributed by atoms with E-state index < -0.39 is 28.5 Å². The molecule has 0 radical (unpaired) electrons. The van der Waals surface area contributed by atoms with Crippen LogP contribution in [0.15, 0.2) is 48.5 Å². The second-order valence-corrected chi connectivity index (χ2v) is 10.6. The summed E-state index contributed by atoms with van der Waals surface area (Å²) in [7, 11) is -3.75. The normalized spacial score (nSPS) is 12.1. The Bertz CT molecular complexity index is 1070. The number of hydrogen-bond donors (Lipinski definition) is 1. The number of unbranched alkanes of at least 4 members (excludes halogenated alkanes) is 1. The quantitative estimate of drug-likeness (QED) is 0.440. The SMILES string of the molecule is CCCCNC(=O)C(C)N(Cc1cccc(Cl)c1)C(=O)CN(c1ccc(CC)cc1)S(C)(=O)=O. The zero-order chi connectivity index (χ0) is 25.3. The predicted molar refractivity (Wildman–Crippen MR) is 137 cm³/mol. The number of benzene rings is 2. The lowest BCUT2D eigenvalue weighted by atomic mass is 10.1. The van der Waals surface area contributed by atoms with Gasteiger partial charge in [-0.3, -0.25) is 13.9 Å². The molecule has 2 rings (SSSR count). The Morgan fingerprint density at radius 3 is 2.29 bits per heavy atom. The molecule has 7 nitrogen and oxygen atoms in total. The van der Waals surface area contributed by atoms with Gasteiger partial charge in [0.2, 0.25) is 21.8 Å². The van der Waals surface area contributed by atoms with E-state index in [1.54, 1.807) is 37.3 Å². The maximum Gasteiger partial charge on any atom is 0.244 e. The fraction of sp³-hybridized carbons (Fsp3) is 0.440. The number of sulfonamides is 1. The molecule has 34 heavy (non-hydrogen) atoms. The van der Waals surface area contributed by atoms with Crippen LogP contribution < -0.4 is 9.62 Å². The van der Waals surface area contributed by atoms with Crippen molar-refractivity contribution in [2.24, 2.45) is 0 Å². The van der Waals surface area contributed by atoms with E-state index in [1.165, 1.54) is 4.90 Å². The van der Waals surface area contributed by atoms with Crippen LogP contribution in [-0.2, 0) is 32.6 Å². The monoisotopic (exact) mass is 507 g/mol. The predicted octanol–water partition coefficient (Wildman–Crippen LogP) is 4.00. The lowest BCUT2D eigenvalue weighted by molar-refractivity contribution is -0.139. The number of carbonyl (C=O) groups excluding carboxylic acids is 2. The van der Waals surface area contributed by atoms with Crippen LogP contribution >= 0.6 is 11.6 Å². The summed E-state index contributed by atoms with van der Waals surface area (Å²) in [6, 6.07) is 13.3. The molecule has 2 aromatic carbocycles. The van der Waals surface area contributed by atoms with Crippen LogP contribution in [0.4, 0.5) is 5.69 Å². The topological polar surface area (TPSA) is 86.8 Å². The van der Waals surface area contributed by atoms with Gasteiger partial charge in [-0.1, -0.05) is 56.1 Å². The third kappa shape index (κ3) is 8.02. The molecular weight excluding hydrogens is 474 g/mol. The molecule has 0 saturated carbocycles. The molecule has 0 aromatic heterocycles. The fourth-order valence-electron chi connectivity index (χ4n) is 3.46. The Balaban J connectivity index is 2.34. The van der Waals surface area contributed by atoms with E-state index in [-0.39, 0.29) is 12.5 Å². The first kappa shape index (κ1) is 27.7. The van der Waals surface area contributed by atoms with Gasteiger partial charge in [-0.2, -0.15) is 0 Å². The molecule has 1 atom stereocenters. The van der Waals surface area contributed by atoms with Crippen LogP contribution in [0.5, 0.6) is 0 Å². The molecule has 0 heterocycles. The summed E-state index contributed by atoms with van der Waals surface area (Å²) < 4.78 is 26.2. The molecular formula is C25H34ClN3O4S. The van der Waals surface area contributed by atoms with Crippen molar-refractivity contribution in [3.63, 3.8) is 0 Å². The van der Waals surface area contributed by atoms with Gasteiger partial charge in [0.1, 0.15) is 12.6 Å². The van der Waals surface area contributed by atoms with Crippen LogP contribution in [-0.4, -0.2) is 50.5 Å². The van der Waals surface area contributed by atoms with E-state index >= 15 is 0 Å². The molecule has 0 aliphatic carbocycles. The Morgan fingerprint density at radius 2 is 1.74 bits per heavy atom. The first-order valence-electron chi connectivity index (χ1n) is 11.4. The minimum absolute atomic E-state index is 0.119. The lowest BCUT2D eigenvalue weighted by Crippen LogP contribution is -2.51. The third-order valence-electron chi connectivity index (χ3n) is 5.55. The van der Waals surface area contributed by atoms with Crippen LogP contribution in [0.1, 0.15) is 44.7 Å². The molecule has 9 heteroatoms. The minimum Gasteiger partial charge on any atom is -0.354 e. The maximum atomic E-state index is 13.5. The number of aryl methyl sites for hydroxylation is 1. The van der Waals surface area contributed by atoms with E-state index in [2.05, 4.69) is 5.32 Å². The summed E-state index contributed by atoms with van der Waals surface area (Å²) in [5, 5.41) is 3.37. The number of amides is 2. The van der Waals surface area contributed by atoms with Gasteiger partial charge in [0.15, 0.2) is 0 Å². The van der Waals surface area contributed by atoms with E-state index in [9.17, 15) is 18.0 Å². The summed E-state index contributed by atoms with van der Waals surface area (Å²) in [6.45, 7) is 5.89. The van der Waals surface area contributed by atoms with Crippen molar-refractivity contribution in [2.45, 2.75) is 52.6 Å². The summed E-state index contributed by atoms with van der Waals surface area (Å²) in [6.07, 6.45) is 3.64. The molecule has 1 unspecified atom stereocenters. The minimum atomic E-state index is -3.75. The standard InChI is InChI=1S/C25H34ClN3O4S/c1-5-7-15-27-25(31)19(3)28(17-21-9-8-10-22(26)16-21)24(30)18-29(34(4,32)33)23-13-11-20(6-2)12-14-23/h8-14,16,19H,5-7,15,17-18H2,1-4H3,(H,27,31). The highest BCUT2D eigenvalue weighted by atomic mass is 35.5. The summed E-state index contributed by atoms with van der Waals surface area (Å²) in [5.41, 5.74) is 2.20.